The lowest BCUT2D eigenvalue weighted by molar-refractivity contribution is -0.113. The van der Waals surface area contributed by atoms with E-state index in [9.17, 15) is 22.8 Å². The Kier molecular flexibility index (Phi) is 6.09. The molecule has 0 radical (unpaired) electrons. The zero-order chi connectivity index (χ0) is 20.4. The third-order valence-corrected chi connectivity index (χ3v) is 5.31. The van der Waals surface area contributed by atoms with E-state index in [1.54, 1.807) is 25.1 Å². The topological polar surface area (TPSA) is 64.0 Å². The number of carbonyl (C=O) groups excluding carboxylic acids is 1. The summed E-state index contributed by atoms with van der Waals surface area (Å²) < 4.78 is 42.1. The molecular weight excluding hydrogens is 459 g/mol. The van der Waals surface area contributed by atoms with Crippen molar-refractivity contribution < 1.29 is 18.0 Å². The summed E-state index contributed by atoms with van der Waals surface area (Å²) in [5.74, 6) is -5.33. The van der Waals surface area contributed by atoms with E-state index in [0.717, 1.165) is 28.4 Å². The maximum atomic E-state index is 13.7. The first kappa shape index (κ1) is 20.4. The summed E-state index contributed by atoms with van der Waals surface area (Å²) in [6.07, 6.45) is 0. The molecule has 5 nitrogen and oxygen atoms in total. The predicted octanol–water partition coefficient (Wildman–Crippen LogP) is 4.33. The summed E-state index contributed by atoms with van der Waals surface area (Å²) in [5, 5.41) is 2.94. The van der Waals surface area contributed by atoms with Gasteiger partial charge in [0.2, 0.25) is 5.91 Å². The third-order valence-electron chi connectivity index (χ3n) is 3.84. The van der Waals surface area contributed by atoms with Crippen molar-refractivity contribution in [2.45, 2.75) is 18.6 Å². The summed E-state index contributed by atoms with van der Waals surface area (Å²) in [6.45, 7) is 2.11. The van der Waals surface area contributed by atoms with Gasteiger partial charge in [0.1, 0.15) is 0 Å². The normalized spacial score (nSPS) is 11.0. The monoisotopic (exact) mass is 471 g/mol. The highest BCUT2D eigenvalue weighted by atomic mass is 79.9. The van der Waals surface area contributed by atoms with Gasteiger partial charge in [-0.05, 0) is 37.3 Å². The zero-order valence-corrected chi connectivity index (χ0v) is 16.8. The molecule has 0 unspecified atom stereocenters. The lowest BCUT2D eigenvalue weighted by Crippen LogP contribution is -2.23. The van der Waals surface area contributed by atoms with E-state index >= 15 is 0 Å². The molecule has 0 aliphatic heterocycles. The number of anilines is 1. The van der Waals surface area contributed by atoms with Crippen molar-refractivity contribution in [2.75, 3.05) is 11.1 Å². The van der Waals surface area contributed by atoms with Gasteiger partial charge >= 0.3 is 0 Å². The second-order valence-corrected chi connectivity index (χ2v) is 7.52. The number of rotatable bonds is 5. The summed E-state index contributed by atoms with van der Waals surface area (Å²) in [4.78, 5) is 29.1. The molecule has 0 atom stereocenters. The van der Waals surface area contributed by atoms with Crippen LogP contribution in [0.4, 0.5) is 18.9 Å². The van der Waals surface area contributed by atoms with Crippen LogP contribution in [0.5, 0.6) is 0 Å². The van der Waals surface area contributed by atoms with Crippen LogP contribution in [0, 0.1) is 17.5 Å². The van der Waals surface area contributed by atoms with Crippen LogP contribution in [0.1, 0.15) is 6.92 Å². The van der Waals surface area contributed by atoms with Crippen LogP contribution < -0.4 is 10.9 Å². The van der Waals surface area contributed by atoms with E-state index < -0.39 is 29.0 Å². The molecule has 10 heteroatoms. The maximum absolute atomic E-state index is 13.7. The number of hydrogen-bond donors (Lipinski definition) is 1. The lowest BCUT2D eigenvalue weighted by Gasteiger charge is -2.12. The number of amides is 1. The number of aromatic nitrogens is 2. The van der Waals surface area contributed by atoms with Gasteiger partial charge in [-0.1, -0.05) is 27.7 Å². The molecule has 1 N–H and O–H groups in total. The van der Waals surface area contributed by atoms with Crippen molar-refractivity contribution in [2.24, 2.45) is 0 Å². The molecule has 28 heavy (non-hydrogen) atoms. The highest BCUT2D eigenvalue weighted by molar-refractivity contribution is 9.10. The van der Waals surface area contributed by atoms with Crippen molar-refractivity contribution >= 4 is 50.2 Å². The van der Waals surface area contributed by atoms with E-state index in [0.29, 0.717) is 22.6 Å². The SMILES string of the molecule is CCn1c(SCC(=O)Nc2ccc(F)c(F)c2F)nc2ccc(Br)cc2c1=O. The second kappa shape index (κ2) is 8.36. The van der Waals surface area contributed by atoms with Crippen LogP contribution in [-0.4, -0.2) is 21.2 Å². The van der Waals surface area contributed by atoms with Crippen molar-refractivity contribution in [1.29, 1.82) is 0 Å². The smallest absolute Gasteiger partial charge is 0.262 e. The Bertz CT molecular complexity index is 1140. The molecule has 3 rings (SSSR count). The van der Waals surface area contributed by atoms with Gasteiger partial charge < -0.3 is 5.32 Å². The molecule has 0 spiro atoms. The van der Waals surface area contributed by atoms with Gasteiger partial charge in [0, 0.05) is 11.0 Å². The Morgan fingerprint density at radius 3 is 2.68 bits per heavy atom. The fourth-order valence-electron chi connectivity index (χ4n) is 2.50. The number of carbonyl (C=O) groups is 1. The molecule has 2 aromatic carbocycles. The molecule has 0 aliphatic carbocycles. The highest BCUT2D eigenvalue weighted by Crippen LogP contribution is 2.22. The minimum atomic E-state index is -1.66. The molecule has 0 saturated carbocycles. The van der Waals surface area contributed by atoms with Crippen LogP contribution in [0.15, 0.2) is 44.8 Å². The van der Waals surface area contributed by atoms with Crippen molar-refractivity contribution in [3.05, 3.63) is 62.6 Å². The minimum absolute atomic E-state index is 0.201. The fourth-order valence-corrected chi connectivity index (χ4v) is 3.72. The molecule has 1 amide bonds. The van der Waals surface area contributed by atoms with Crippen LogP contribution >= 0.6 is 27.7 Å². The first-order chi connectivity index (χ1) is 13.3. The molecule has 0 bridgehead atoms. The number of fused-ring (bicyclic) bond motifs is 1. The summed E-state index contributed by atoms with van der Waals surface area (Å²) >= 11 is 4.30. The Hall–Kier alpha value is -2.33. The van der Waals surface area contributed by atoms with Crippen LogP contribution in [0.2, 0.25) is 0 Å². The van der Waals surface area contributed by atoms with E-state index in [1.165, 1.54) is 4.57 Å². The molecule has 0 aliphatic rings. The van der Waals surface area contributed by atoms with Gasteiger partial charge in [0.05, 0.1) is 22.3 Å². The second-order valence-electron chi connectivity index (χ2n) is 5.67. The Balaban J connectivity index is 1.81. The molecule has 1 heterocycles. The quantitative estimate of drug-likeness (QED) is 0.341. The number of benzene rings is 2. The summed E-state index contributed by atoms with van der Waals surface area (Å²) in [5.41, 5.74) is -0.232. The summed E-state index contributed by atoms with van der Waals surface area (Å²) in [6, 6.07) is 6.76. The van der Waals surface area contributed by atoms with Crippen LogP contribution in [0.3, 0.4) is 0 Å². The van der Waals surface area contributed by atoms with E-state index in [-0.39, 0.29) is 11.3 Å². The standard InChI is InChI=1S/C18H13BrF3N3O2S/c1-2-25-17(27)10-7-9(19)3-5-12(10)24-18(25)28-8-14(26)23-13-6-4-11(20)15(21)16(13)22/h3-7H,2,8H2,1H3,(H,23,26). The van der Waals surface area contributed by atoms with E-state index in [1.807, 2.05) is 0 Å². The van der Waals surface area contributed by atoms with Crippen LogP contribution in [0.25, 0.3) is 10.9 Å². The largest absolute Gasteiger partial charge is 0.323 e. The number of nitrogens with one attached hydrogen (secondary N) is 1. The fraction of sp³-hybridized carbons (Fsp3) is 0.167. The van der Waals surface area contributed by atoms with Crippen LogP contribution in [-0.2, 0) is 11.3 Å². The number of thioether (sulfide) groups is 1. The number of nitrogens with zero attached hydrogens (tertiary/aromatic N) is 2. The maximum Gasteiger partial charge on any atom is 0.262 e. The molecule has 0 saturated heterocycles. The Morgan fingerprint density at radius 2 is 1.96 bits per heavy atom. The van der Waals surface area contributed by atoms with Gasteiger partial charge in [0.15, 0.2) is 22.6 Å². The van der Waals surface area contributed by atoms with Gasteiger partial charge in [-0.3, -0.25) is 14.2 Å². The van der Waals surface area contributed by atoms with E-state index in [2.05, 4.69) is 26.2 Å². The van der Waals surface area contributed by atoms with Gasteiger partial charge in [0.25, 0.3) is 5.56 Å². The molecule has 1 aromatic heterocycles. The van der Waals surface area contributed by atoms with Crippen molar-refractivity contribution in [1.82, 2.24) is 9.55 Å². The summed E-state index contributed by atoms with van der Waals surface area (Å²) in [7, 11) is 0. The highest BCUT2D eigenvalue weighted by Gasteiger charge is 2.17. The third kappa shape index (κ3) is 4.07. The van der Waals surface area contributed by atoms with Gasteiger partial charge in [-0.15, -0.1) is 0 Å². The van der Waals surface area contributed by atoms with E-state index in [4.69, 9.17) is 0 Å². The minimum Gasteiger partial charge on any atom is -0.323 e. The number of hydrogen-bond acceptors (Lipinski definition) is 4. The molecular formula is C18H13BrF3N3O2S. The van der Waals surface area contributed by atoms with Gasteiger partial charge in [-0.25, -0.2) is 18.2 Å². The zero-order valence-electron chi connectivity index (χ0n) is 14.4. The number of halogens is 4. The Labute approximate surface area is 170 Å². The average Bonchev–Trinajstić information content (AvgIpc) is 2.67. The first-order valence-corrected chi connectivity index (χ1v) is 9.86. The predicted molar refractivity (Wildman–Crippen MR) is 105 cm³/mol. The molecule has 146 valence electrons. The molecule has 0 fully saturated rings. The van der Waals surface area contributed by atoms with Crippen molar-refractivity contribution in [3.63, 3.8) is 0 Å². The van der Waals surface area contributed by atoms with Crippen molar-refractivity contribution in [3.8, 4) is 0 Å². The Morgan fingerprint density at radius 1 is 1.21 bits per heavy atom. The lowest BCUT2D eigenvalue weighted by atomic mass is 10.2. The van der Waals surface area contributed by atoms with Gasteiger partial charge in [-0.2, -0.15) is 0 Å². The average molecular weight is 472 g/mol. The molecule has 3 aromatic rings. The first-order valence-electron chi connectivity index (χ1n) is 8.08.